The van der Waals surface area contributed by atoms with E-state index in [0.29, 0.717) is 16.7 Å². The van der Waals surface area contributed by atoms with Crippen molar-refractivity contribution in [2.24, 2.45) is 16.7 Å². The number of rotatable bonds is 4. The Kier molecular flexibility index (Phi) is 4.86. The Hall–Kier alpha value is -0.525. The molecule has 1 saturated carbocycles. The topological polar surface area (TPSA) is 12.0 Å². The number of hydrogen-bond donors (Lipinski definition) is 1. The van der Waals surface area contributed by atoms with Gasteiger partial charge in [-0.25, -0.2) is 0 Å². The molecule has 0 aromatic carbocycles. The van der Waals surface area contributed by atoms with Gasteiger partial charge in [-0.05, 0) is 0 Å². The van der Waals surface area contributed by atoms with Gasteiger partial charge in [-0.1, -0.05) is 0 Å². The van der Waals surface area contributed by atoms with E-state index in [1.165, 1.54) is 31.4 Å². The molecule has 0 heterocycles. The molecule has 0 aromatic rings. The maximum absolute atomic E-state index is 3.86. The van der Waals surface area contributed by atoms with E-state index in [9.17, 15) is 0 Å². The standard InChI is InChI=1S/C16H30BN/c1-15(2,3)10-13(16(4,5)6)14(18-11-17)12-8-7-9-12/h11,13,17-18H,7-10H2,1-6H3. The first-order valence-electron chi connectivity index (χ1n) is 7.24. The second-order valence-corrected chi connectivity index (χ2v) is 7.90. The van der Waals surface area contributed by atoms with Gasteiger partial charge in [0.1, 0.15) is 0 Å². The molecule has 1 rings (SSSR count). The summed E-state index contributed by atoms with van der Waals surface area (Å²) in [5.41, 5.74) is 3.73. The van der Waals surface area contributed by atoms with E-state index in [1.807, 2.05) is 6.09 Å². The van der Waals surface area contributed by atoms with E-state index < -0.39 is 0 Å². The van der Waals surface area contributed by atoms with Crippen LogP contribution in [0, 0.1) is 16.7 Å². The van der Waals surface area contributed by atoms with Crippen molar-refractivity contribution in [3.05, 3.63) is 11.3 Å². The summed E-state index contributed by atoms with van der Waals surface area (Å²) in [6, 6.07) is 0. The summed E-state index contributed by atoms with van der Waals surface area (Å²) in [6.07, 6.45) is 6.96. The van der Waals surface area contributed by atoms with Crippen molar-refractivity contribution in [3.8, 4) is 0 Å². The molecule has 0 aromatic heterocycles. The van der Waals surface area contributed by atoms with Gasteiger partial charge < -0.3 is 0 Å². The molecule has 1 atom stereocenters. The third-order valence-corrected chi connectivity index (χ3v) is 3.81. The Balaban J connectivity index is 3.03. The summed E-state index contributed by atoms with van der Waals surface area (Å²) in [7, 11) is 3.86. The number of hydrogen-bond acceptors (Lipinski definition) is 1. The van der Waals surface area contributed by atoms with Crippen molar-refractivity contribution in [2.45, 2.75) is 67.2 Å². The first-order valence-corrected chi connectivity index (χ1v) is 7.24. The van der Waals surface area contributed by atoms with E-state index in [1.54, 1.807) is 5.57 Å². The fraction of sp³-hybridized carbons (Fsp3) is 0.812. The molecule has 0 radical (unpaired) electrons. The predicted octanol–water partition coefficient (Wildman–Crippen LogP) is 3.77. The Morgan fingerprint density at radius 3 is 2.06 bits per heavy atom. The SMILES string of the molecule is B=CNC(=C1CCC1)C(CC(C)(C)C)C(C)(C)C. The molecule has 1 aliphatic rings. The average Bonchev–Trinajstić information content (AvgIpc) is 2.07. The van der Waals surface area contributed by atoms with Gasteiger partial charge >= 0.3 is 114 Å². The van der Waals surface area contributed by atoms with Crippen LogP contribution in [0.1, 0.15) is 67.2 Å². The molecule has 18 heavy (non-hydrogen) atoms. The fourth-order valence-corrected chi connectivity index (χ4v) is 2.64. The normalized spacial score (nSPS) is 17.9. The van der Waals surface area contributed by atoms with Crippen molar-refractivity contribution >= 4 is 13.6 Å². The van der Waals surface area contributed by atoms with E-state index in [0.717, 1.165) is 0 Å². The second-order valence-electron chi connectivity index (χ2n) is 7.90. The summed E-state index contributed by atoms with van der Waals surface area (Å²) in [5.74, 6) is 0.589. The van der Waals surface area contributed by atoms with Crippen molar-refractivity contribution in [3.63, 3.8) is 0 Å². The zero-order chi connectivity index (χ0) is 14.0. The van der Waals surface area contributed by atoms with Crippen LogP contribution in [0.5, 0.6) is 0 Å². The average molecular weight is 247 g/mol. The summed E-state index contributed by atoms with van der Waals surface area (Å²) in [5, 5.41) is 3.46. The molecule has 102 valence electrons. The minimum absolute atomic E-state index is 0.293. The Labute approximate surface area is 115 Å². The second kappa shape index (κ2) is 5.63. The van der Waals surface area contributed by atoms with Crippen LogP contribution in [0.2, 0.25) is 0 Å². The summed E-state index contributed by atoms with van der Waals surface area (Å²) in [4.78, 5) is 0. The van der Waals surface area contributed by atoms with E-state index >= 15 is 0 Å². The quantitative estimate of drug-likeness (QED) is 0.745. The molecule has 1 aliphatic carbocycles. The molecule has 1 fully saturated rings. The minimum atomic E-state index is 0.293. The van der Waals surface area contributed by atoms with Crippen LogP contribution in [0.3, 0.4) is 0 Å². The van der Waals surface area contributed by atoms with Crippen LogP contribution in [-0.4, -0.2) is 13.6 Å². The Bertz CT molecular complexity index is 322. The van der Waals surface area contributed by atoms with Crippen LogP contribution in [0.15, 0.2) is 11.3 Å². The third kappa shape index (κ3) is 4.30. The molecule has 0 spiro atoms. The molecular formula is C16H30BN. The van der Waals surface area contributed by atoms with Gasteiger partial charge in [0.15, 0.2) is 0 Å². The molecule has 0 bridgehead atoms. The van der Waals surface area contributed by atoms with Crippen LogP contribution in [0.25, 0.3) is 0 Å². The molecular weight excluding hydrogens is 217 g/mol. The molecule has 1 unspecified atom stereocenters. The van der Waals surface area contributed by atoms with Crippen molar-refractivity contribution < 1.29 is 0 Å². The van der Waals surface area contributed by atoms with Gasteiger partial charge in [0.25, 0.3) is 0 Å². The van der Waals surface area contributed by atoms with Crippen LogP contribution >= 0.6 is 0 Å². The number of allylic oxidation sites excluding steroid dienone is 2. The molecule has 0 aliphatic heterocycles. The summed E-state index contributed by atoms with van der Waals surface area (Å²) < 4.78 is 0. The summed E-state index contributed by atoms with van der Waals surface area (Å²) in [6.45, 7) is 14.1. The van der Waals surface area contributed by atoms with Crippen LogP contribution in [0.4, 0.5) is 0 Å². The van der Waals surface area contributed by atoms with Gasteiger partial charge in [0, 0.05) is 0 Å². The van der Waals surface area contributed by atoms with Crippen molar-refractivity contribution in [2.75, 3.05) is 0 Å². The first-order chi connectivity index (χ1) is 8.15. The predicted molar refractivity (Wildman–Crippen MR) is 84.2 cm³/mol. The van der Waals surface area contributed by atoms with Crippen LogP contribution in [-0.2, 0) is 0 Å². The van der Waals surface area contributed by atoms with Gasteiger partial charge in [-0.2, -0.15) is 0 Å². The molecule has 2 heteroatoms. The maximum atomic E-state index is 3.86. The van der Waals surface area contributed by atoms with E-state index in [4.69, 9.17) is 0 Å². The van der Waals surface area contributed by atoms with Gasteiger partial charge in [0.05, 0.1) is 0 Å². The van der Waals surface area contributed by atoms with E-state index in [2.05, 4.69) is 54.3 Å². The van der Waals surface area contributed by atoms with Crippen molar-refractivity contribution in [1.82, 2.24) is 5.32 Å². The van der Waals surface area contributed by atoms with Gasteiger partial charge in [-0.3, -0.25) is 0 Å². The van der Waals surface area contributed by atoms with Crippen molar-refractivity contribution in [1.29, 1.82) is 0 Å². The third-order valence-electron chi connectivity index (χ3n) is 3.81. The van der Waals surface area contributed by atoms with Gasteiger partial charge in [0.2, 0.25) is 0 Å². The molecule has 0 amide bonds. The Morgan fingerprint density at radius 2 is 1.78 bits per heavy atom. The zero-order valence-electron chi connectivity index (χ0n) is 13.2. The first kappa shape index (κ1) is 15.5. The van der Waals surface area contributed by atoms with E-state index in [-0.39, 0.29) is 0 Å². The summed E-state index contributed by atoms with van der Waals surface area (Å²) >= 11 is 0. The number of nitrogens with one attached hydrogen (secondary N) is 1. The van der Waals surface area contributed by atoms with Crippen LogP contribution < -0.4 is 5.32 Å². The molecule has 0 saturated heterocycles. The molecule has 1 N–H and O–H groups in total. The fourth-order valence-electron chi connectivity index (χ4n) is 2.64. The Morgan fingerprint density at radius 1 is 1.22 bits per heavy atom. The monoisotopic (exact) mass is 247 g/mol. The molecule has 1 nitrogen and oxygen atoms in total. The van der Waals surface area contributed by atoms with Gasteiger partial charge in [-0.15, -0.1) is 0 Å². The zero-order valence-corrected chi connectivity index (χ0v) is 13.2.